The minimum Gasteiger partial charge on any atom is -0.337 e. The van der Waals surface area contributed by atoms with Gasteiger partial charge in [-0.25, -0.2) is 0 Å². The zero-order valence-corrected chi connectivity index (χ0v) is 15.0. The van der Waals surface area contributed by atoms with Gasteiger partial charge in [0.2, 0.25) is 0 Å². The van der Waals surface area contributed by atoms with Gasteiger partial charge in [-0.2, -0.15) is 0 Å². The van der Waals surface area contributed by atoms with Crippen LogP contribution < -0.4 is 5.32 Å². The van der Waals surface area contributed by atoms with Crippen molar-refractivity contribution in [2.24, 2.45) is 16.8 Å². The molecule has 132 valence electrons. The maximum absolute atomic E-state index is 12.9. The second-order valence-corrected chi connectivity index (χ2v) is 8.25. The van der Waals surface area contributed by atoms with Crippen LogP contribution in [-0.2, 0) is 4.79 Å². The number of fused-ring (bicyclic) bond motifs is 2. The molecule has 5 rings (SSSR count). The number of nitrogens with zero attached hydrogens (tertiary/aromatic N) is 2. The van der Waals surface area contributed by atoms with E-state index in [1.54, 1.807) is 0 Å². The van der Waals surface area contributed by atoms with Crippen LogP contribution in [0.3, 0.4) is 0 Å². The normalized spacial score (nSPS) is 29.8. The van der Waals surface area contributed by atoms with Crippen molar-refractivity contribution in [1.82, 2.24) is 10.2 Å². The molecule has 26 heavy (non-hydrogen) atoms. The molecule has 2 aromatic rings. The van der Waals surface area contributed by atoms with Crippen molar-refractivity contribution < 1.29 is 9.59 Å². The lowest BCUT2D eigenvalue weighted by atomic mass is 9.85. The lowest BCUT2D eigenvalue weighted by molar-refractivity contribution is -0.124. The summed E-state index contributed by atoms with van der Waals surface area (Å²) in [5.74, 6) is 1.19. The van der Waals surface area contributed by atoms with Gasteiger partial charge in [0, 0.05) is 24.6 Å². The lowest BCUT2D eigenvalue weighted by Gasteiger charge is -2.25. The van der Waals surface area contributed by atoms with Gasteiger partial charge in [-0.3, -0.25) is 14.6 Å². The lowest BCUT2D eigenvalue weighted by Crippen LogP contribution is -2.45. The van der Waals surface area contributed by atoms with Crippen LogP contribution in [0, 0.1) is 11.8 Å². The molecule has 1 aromatic heterocycles. The molecule has 3 heterocycles. The van der Waals surface area contributed by atoms with E-state index in [2.05, 4.69) is 5.32 Å². The van der Waals surface area contributed by atoms with Crippen LogP contribution in [-0.4, -0.2) is 41.2 Å². The Labute approximate surface area is 155 Å². The summed E-state index contributed by atoms with van der Waals surface area (Å²) < 4.78 is 0. The van der Waals surface area contributed by atoms with Crippen molar-refractivity contribution in [3.63, 3.8) is 0 Å². The standard InChI is InChI=1S/C20H19N3O2S/c24-18(16-7-4-10-26-16)23-11-14-8-9-20(15(14)12-23)19(25)21-17(22-20)13-5-2-1-3-6-13/h1-7,10,14-15H,8-9,11-12H2,(H,21,22,25)/t14-,15+,20-/m0/s1. The molecule has 0 radical (unpaired) electrons. The molecule has 1 N–H and O–H groups in total. The first kappa shape index (κ1) is 15.8. The summed E-state index contributed by atoms with van der Waals surface area (Å²) in [7, 11) is 0. The SMILES string of the molecule is O=C(c1cccs1)N1C[C@@H]2CC[C@]3(N=C(c4ccccc4)NC3=O)[C@@H]2C1. The number of nitrogens with one attached hydrogen (secondary N) is 1. The molecule has 3 aliphatic rings. The maximum atomic E-state index is 12.9. The summed E-state index contributed by atoms with van der Waals surface area (Å²) in [6, 6.07) is 13.5. The molecular formula is C20H19N3O2S. The van der Waals surface area contributed by atoms with E-state index in [9.17, 15) is 9.59 Å². The summed E-state index contributed by atoms with van der Waals surface area (Å²) >= 11 is 1.47. The van der Waals surface area contributed by atoms with E-state index in [1.165, 1.54) is 11.3 Å². The fourth-order valence-corrected chi connectivity index (χ4v) is 5.36. The highest BCUT2D eigenvalue weighted by Crippen LogP contribution is 2.49. The van der Waals surface area contributed by atoms with Crippen LogP contribution in [0.15, 0.2) is 52.8 Å². The fraction of sp³-hybridized carbons (Fsp3) is 0.350. The van der Waals surface area contributed by atoms with E-state index < -0.39 is 5.54 Å². The maximum Gasteiger partial charge on any atom is 0.263 e. The summed E-state index contributed by atoms with van der Waals surface area (Å²) in [6.07, 6.45) is 1.71. The van der Waals surface area contributed by atoms with Gasteiger partial charge in [-0.1, -0.05) is 36.4 Å². The third-order valence-corrected chi connectivity index (χ3v) is 6.81. The topological polar surface area (TPSA) is 61.8 Å². The molecule has 5 nitrogen and oxygen atoms in total. The van der Waals surface area contributed by atoms with Gasteiger partial charge >= 0.3 is 0 Å². The van der Waals surface area contributed by atoms with Gasteiger partial charge in [0.05, 0.1) is 4.88 Å². The molecule has 0 bridgehead atoms. The summed E-state index contributed by atoms with van der Waals surface area (Å²) in [6.45, 7) is 1.34. The first-order chi connectivity index (χ1) is 12.7. The third-order valence-electron chi connectivity index (χ3n) is 5.95. The van der Waals surface area contributed by atoms with Gasteiger partial charge < -0.3 is 10.2 Å². The number of hydrogen-bond acceptors (Lipinski definition) is 4. The van der Waals surface area contributed by atoms with E-state index >= 15 is 0 Å². The van der Waals surface area contributed by atoms with Crippen LogP contribution in [0.4, 0.5) is 0 Å². The molecule has 6 heteroatoms. The average Bonchev–Trinajstić information content (AvgIpc) is 3.42. The smallest absolute Gasteiger partial charge is 0.263 e. The van der Waals surface area contributed by atoms with Crippen molar-refractivity contribution in [2.75, 3.05) is 13.1 Å². The second kappa shape index (κ2) is 5.77. The molecule has 1 saturated heterocycles. The largest absolute Gasteiger partial charge is 0.337 e. The predicted octanol–water partition coefficient (Wildman–Crippen LogP) is 2.55. The van der Waals surface area contributed by atoms with Crippen LogP contribution in [0.2, 0.25) is 0 Å². The predicted molar refractivity (Wildman–Crippen MR) is 100 cm³/mol. The first-order valence-electron chi connectivity index (χ1n) is 8.97. The molecule has 2 aliphatic heterocycles. The van der Waals surface area contributed by atoms with Crippen LogP contribution in [0.5, 0.6) is 0 Å². The van der Waals surface area contributed by atoms with E-state index in [4.69, 9.17) is 4.99 Å². The zero-order valence-electron chi connectivity index (χ0n) is 14.2. The first-order valence-corrected chi connectivity index (χ1v) is 9.85. The van der Waals surface area contributed by atoms with Crippen molar-refractivity contribution in [3.8, 4) is 0 Å². The van der Waals surface area contributed by atoms with Crippen molar-refractivity contribution in [1.29, 1.82) is 0 Å². The third kappa shape index (κ3) is 2.25. The van der Waals surface area contributed by atoms with E-state index in [0.717, 1.165) is 29.8 Å². The number of thiophene rings is 1. The van der Waals surface area contributed by atoms with Gasteiger partial charge in [-0.15, -0.1) is 11.3 Å². The molecule has 1 aliphatic carbocycles. The quantitative estimate of drug-likeness (QED) is 0.889. The summed E-state index contributed by atoms with van der Waals surface area (Å²) in [5, 5.41) is 4.92. The molecule has 1 spiro atoms. The Morgan fingerprint density at radius 1 is 1.19 bits per heavy atom. The molecule has 1 aromatic carbocycles. The monoisotopic (exact) mass is 365 g/mol. The molecule has 2 amide bonds. The Kier molecular flexibility index (Phi) is 3.50. The zero-order chi connectivity index (χ0) is 17.7. The highest BCUT2D eigenvalue weighted by Gasteiger charge is 2.59. The van der Waals surface area contributed by atoms with Gasteiger partial charge in [0.25, 0.3) is 11.8 Å². The number of benzene rings is 1. The van der Waals surface area contributed by atoms with Crippen LogP contribution >= 0.6 is 11.3 Å². The summed E-state index contributed by atoms with van der Waals surface area (Å²) in [4.78, 5) is 33.2. The van der Waals surface area contributed by atoms with Crippen molar-refractivity contribution in [3.05, 3.63) is 58.3 Å². The molecule has 1 saturated carbocycles. The number of hydrogen-bond donors (Lipinski definition) is 1. The number of carbonyl (C=O) groups is 2. The molecule has 2 fully saturated rings. The molecule has 3 atom stereocenters. The number of carbonyl (C=O) groups excluding carboxylic acids is 2. The Balaban J connectivity index is 1.43. The molecule has 0 unspecified atom stereocenters. The van der Waals surface area contributed by atoms with E-state index in [1.807, 2.05) is 52.7 Å². The van der Waals surface area contributed by atoms with Crippen LogP contribution in [0.1, 0.15) is 28.1 Å². The summed E-state index contributed by atoms with van der Waals surface area (Å²) in [5.41, 5.74) is 0.228. The second-order valence-electron chi connectivity index (χ2n) is 7.30. The number of amidine groups is 1. The number of amides is 2. The Bertz CT molecular complexity index is 893. The number of aliphatic imine (C=N–C) groups is 1. The minimum absolute atomic E-state index is 0.00530. The number of rotatable bonds is 2. The van der Waals surface area contributed by atoms with Gasteiger partial charge in [0.1, 0.15) is 11.4 Å². The Morgan fingerprint density at radius 3 is 2.81 bits per heavy atom. The van der Waals surface area contributed by atoms with Gasteiger partial charge in [-0.05, 0) is 30.2 Å². The van der Waals surface area contributed by atoms with E-state index in [0.29, 0.717) is 18.3 Å². The van der Waals surface area contributed by atoms with Gasteiger partial charge in [0.15, 0.2) is 0 Å². The van der Waals surface area contributed by atoms with Crippen molar-refractivity contribution >= 4 is 29.0 Å². The molecular weight excluding hydrogens is 346 g/mol. The Hall–Kier alpha value is -2.47. The average molecular weight is 365 g/mol. The highest BCUT2D eigenvalue weighted by molar-refractivity contribution is 7.12. The van der Waals surface area contributed by atoms with Crippen LogP contribution in [0.25, 0.3) is 0 Å². The van der Waals surface area contributed by atoms with Crippen molar-refractivity contribution in [2.45, 2.75) is 18.4 Å². The Morgan fingerprint density at radius 2 is 2.04 bits per heavy atom. The van der Waals surface area contributed by atoms with E-state index in [-0.39, 0.29) is 17.7 Å². The fourth-order valence-electron chi connectivity index (χ4n) is 4.66. The highest BCUT2D eigenvalue weighted by atomic mass is 32.1. The minimum atomic E-state index is -0.708. The number of likely N-dealkylation sites (tertiary alicyclic amines) is 1.